The van der Waals surface area contributed by atoms with Crippen LogP contribution in [0.1, 0.15) is 10.4 Å². The van der Waals surface area contributed by atoms with Crippen LogP contribution in [0.5, 0.6) is 11.5 Å². The third-order valence-corrected chi connectivity index (χ3v) is 6.41. The summed E-state index contributed by atoms with van der Waals surface area (Å²) in [6.07, 6.45) is 4.94. The van der Waals surface area contributed by atoms with Crippen molar-refractivity contribution in [2.24, 2.45) is 0 Å². The SMILES string of the molecule is O=C(Nc1ccc(Oc2ccnc3[nH]ccc23)cc1)c1cc2cccnc2n(-c2ccc(Br)cc2F)c1=O. The Morgan fingerprint density at radius 3 is 2.66 bits per heavy atom. The van der Waals surface area contributed by atoms with Crippen molar-refractivity contribution in [1.29, 1.82) is 0 Å². The number of nitrogens with one attached hydrogen (secondary N) is 2. The Morgan fingerprint density at radius 2 is 1.84 bits per heavy atom. The Kier molecular flexibility index (Phi) is 5.93. The second kappa shape index (κ2) is 9.56. The van der Waals surface area contributed by atoms with Crippen LogP contribution in [-0.2, 0) is 0 Å². The lowest BCUT2D eigenvalue weighted by molar-refractivity contribution is 0.102. The molecule has 0 saturated heterocycles. The first-order valence-electron chi connectivity index (χ1n) is 11.5. The number of rotatable bonds is 5. The van der Waals surface area contributed by atoms with Gasteiger partial charge in [0, 0.05) is 34.1 Å². The highest BCUT2D eigenvalue weighted by molar-refractivity contribution is 9.10. The van der Waals surface area contributed by atoms with Crippen molar-refractivity contribution >= 4 is 49.6 Å². The van der Waals surface area contributed by atoms with Gasteiger partial charge in [0.05, 0.1) is 11.1 Å². The second-order valence-corrected chi connectivity index (χ2v) is 9.26. The second-order valence-electron chi connectivity index (χ2n) is 8.34. The number of hydrogen-bond acceptors (Lipinski definition) is 5. The molecule has 6 rings (SSSR count). The summed E-state index contributed by atoms with van der Waals surface area (Å²) in [4.78, 5) is 38.2. The van der Waals surface area contributed by atoms with Gasteiger partial charge in [-0.25, -0.2) is 14.4 Å². The normalized spacial score (nSPS) is 11.1. The first kappa shape index (κ1) is 23.6. The molecule has 1 amide bonds. The molecular formula is C28H17BrFN5O3. The molecule has 10 heteroatoms. The molecule has 0 aliphatic heterocycles. The molecule has 0 atom stereocenters. The van der Waals surface area contributed by atoms with E-state index in [0.29, 0.717) is 32.7 Å². The van der Waals surface area contributed by atoms with Crippen LogP contribution < -0.4 is 15.6 Å². The lowest BCUT2D eigenvalue weighted by atomic mass is 10.1. The van der Waals surface area contributed by atoms with Crippen LogP contribution in [0.15, 0.2) is 101 Å². The minimum Gasteiger partial charge on any atom is -0.457 e. The van der Waals surface area contributed by atoms with Crippen LogP contribution in [0.25, 0.3) is 27.8 Å². The highest BCUT2D eigenvalue weighted by Crippen LogP contribution is 2.29. The van der Waals surface area contributed by atoms with Crippen LogP contribution in [0.2, 0.25) is 0 Å². The van der Waals surface area contributed by atoms with E-state index in [1.165, 1.54) is 24.4 Å². The Morgan fingerprint density at radius 1 is 1.00 bits per heavy atom. The number of pyridine rings is 3. The molecule has 0 unspecified atom stereocenters. The minimum absolute atomic E-state index is 0.00862. The van der Waals surface area contributed by atoms with Gasteiger partial charge in [-0.2, -0.15) is 0 Å². The van der Waals surface area contributed by atoms with Gasteiger partial charge in [0.2, 0.25) is 0 Å². The number of ether oxygens (including phenoxy) is 1. The van der Waals surface area contributed by atoms with Gasteiger partial charge in [-0.15, -0.1) is 0 Å². The van der Waals surface area contributed by atoms with Gasteiger partial charge in [-0.1, -0.05) is 15.9 Å². The molecule has 2 aromatic carbocycles. The quantitative estimate of drug-likeness (QED) is 0.257. The van der Waals surface area contributed by atoms with E-state index < -0.39 is 17.3 Å². The van der Waals surface area contributed by atoms with E-state index in [-0.39, 0.29) is 16.9 Å². The zero-order chi connectivity index (χ0) is 26.2. The summed E-state index contributed by atoms with van der Waals surface area (Å²) in [6, 6.07) is 19.5. The largest absolute Gasteiger partial charge is 0.457 e. The van der Waals surface area contributed by atoms with Gasteiger partial charge in [-0.3, -0.25) is 14.2 Å². The summed E-state index contributed by atoms with van der Waals surface area (Å²) in [5, 5.41) is 4.09. The zero-order valence-electron chi connectivity index (χ0n) is 19.5. The lowest BCUT2D eigenvalue weighted by Crippen LogP contribution is -2.29. The molecule has 4 aromatic heterocycles. The van der Waals surface area contributed by atoms with Crippen molar-refractivity contribution < 1.29 is 13.9 Å². The number of benzene rings is 2. The molecular weight excluding hydrogens is 553 g/mol. The van der Waals surface area contributed by atoms with E-state index >= 15 is 0 Å². The van der Waals surface area contributed by atoms with Crippen LogP contribution in [0, 0.1) is 5.82 Å². The molecule has 186 valence electrons. The molecule has 0 spiro atoms. The summed E-state index contributed by atoms with van der Waals surface area (Å²) in [5.41, 5.74) is 0.555. The molecule has 0 aliphatic rings. The molecule has 38 heavy (non-hydrogen) atoms. The van der Waals surface area contributed by atoms with Crippen LogP contribution in [0.3, 0.4) is 0 Å². The summed E-state index contributed by atoms with van der Waals surface area (Å²) >= 11 is 3.22. The van der Waals surface area contributed by atoms with E-state index in [9.17, 15) is 14.0 Å². The summed E-state index contributed by atoms with van der Waals surface area (Å²) < 4.78 is 22.5. The van der Waals surface area contributed by atoms with Crippen LogP contribution in [-0.4, -0.2) is 25.4 Å². The number of fused-ring (bicyclic) bond motifs is 2. The Hall–Kier alpha value is -4.83. The predicted octanol–water partition coefficient (Wildman–Crippen LogP) is 6.21. The van der Waals surface area contributed by atoms with Gasteiger partial charge < -0.3 is 15.0 Å². The van der Waals surface area contributed by atoms with Gasteiger partial charge in [0.15, 0.2) is 0 Å². The molecule has 8 nitrogen and oxygen atoms in total. The number of carbonyl (C=O) groups excluding carboxylic acids is 1. The summed E-state index contributed by atoms with van der Waals surface area (Å²) in [6.45, 7) is 0. The average Bonchev–Trinajstić information content (AvgIpc) is 3.40. The van der Waals surface area contributed by atoms with E-state index in [0.717, 1.165) is 9.95 Å². The maximum absolute atomic E-state index is 14.9. The number of H-pyrrole nitrogens is 1. The monoisotopic (exact) mass is 569 g/mol. The molecule has 2 N–H and O–H groups in total. The number of hydrogen-bond donors (Lipinski definition) is 2. The van der Waals surface area contributed by atoms with Gasteiger partial charge in [0.25, 0.3) is 11.5 Å². The van der Waals surface area contributed by atoms with Crippen molar-refractivity contribution in [3.63, 3.8) is 0 Å². The predicted molar refractivity (Wildman–Crippen MR) is 146 cm³/mol. The summed E-state index contributed by atoms with van der Waals surface area (Å²) in [5.74, 6) is -0.0726. The molecule has 0 saturated carbocycles. The fraction of sp³-hybridized carbons (Fsp3) is 0. The first-order chi connectivity index (χ1) is 18.5. The Bertz CT molecular complexity index is 1900. The zero-order valence-corrected chi connectivity index (χ0v) is 21.1. The number of anilines is 1. The molecule has 0 fully saturated rings. The fourth-order valence-corrected chi connectivity index (χ4v) is 4.48. The number of aromatic amines is 1. The number of aromatic nitrogens is 4. The maximum Gasteiger partial charge on any atom is 0.269 e. The number of halogens is 2. The topological polar surface area (TPSA) is 102 Å². The molecule has 4 heterocycles. The highest BCUT2D eigenvalue weighted by Gasteiger charge is 2.19. The third-order valence-electron chi connectivity index (χ3n) is 5.92. The smallest absolute Gasteiger partial charge is 0.269 e. The number of carbonyl (C=O) groups is 1. The lowest BCUT2D eigenvalue weighted by Gasteiger charge is -2.13. The average molecular weight is 570 g/mol. The van der Waals surface area contributed by atoms with Crippen molar-refractivity contribution in [3.8, 4) is 17.2 Å². The fourth-order valence-electron chi connectivity index (χ4n) is 4.15. The molecule has 0 bridgehead atoms. The summed E-state index contributed by atoms with van der Waals surface area (Å²) in [7, 11) is 0. The number of nitrogens with zero attached hydrogens (tertiary/aromatic N) is 3. The van der Waals surface area contributed by atoms with Gasteiger partial charge >= 0.3 is 0 Å². The van der Waals surface area contributed by atoms with Crippen molar-refractivity contribution in [1.82, 2.24) is 19.5 Å². The maximum atomic E-state index is 14.9. The van der Waals surface area contributed by atoms with E-state index in [4.69, 9.17) is 4.74 Å². The van der Waals surface area contributed by atoms with Crippen molar-refractivity contribution in [2.45, 2.75) is 0 Å². The van der Waals surface area contributed by atoms with E-state index in [1.54, 1.807) is 60.9 Å². The van der Waals surface area contributed by atoms with E-state index in [1.807, 2.05) is 6.07 Å². The van der Waals surface area contributed by atoms with Gasteiger partial charge in [-0.05, 0) is 72.8 Å². The standard InChI is InChI=1S/C28H17BrFN5O3/c29-17-3-8-23(22(30)15-17)35-26-16(2-1-11-33-26)14-21(28(35)37)27(36)34-18-4-6-19(7-5-18)38-24-10-13-32-25-20(24)9-12-31-25/h1-15H,(H,31,32)(H,34,36). The molecule has 0 radical (unpaired) electrons. The Balaban J connectivity index is 1.31. The first-order valence-corrected chi connectivity index (χ1v) is 12.2. The molecule has 0 aliphatic carbocycles. The van der Waals surface area contributed by atoms with Crippen LogP contribution in [0.4, 0.5) is 10.1 Å². The Labute approximate surface area is 222 Å². The van der Waals surface area contributed by atoms with Crippen molar-refractivity contribution in [2.75, 3.05) is 5.32 Å². The van der Waals surface area contributed by atoms with Gasteiger partial charge in [0.1, 0.15) is 34.2 Å². The third kappa shape index (κ3) is 4.31. The van der Waals surface area contributed by atoms with E-state index in [2.05, 4.69) is 36.2 Å². The minimum atomic E-state index is -0.692. The molecule has 6 aromatic rings. The van der Waals surface area contributed by atoms with Crippen molar-refractivity contribution in [3.05, 3.63) is 118 Å². The van der Waals surface area contributed by atoms with Crippen LogP contribution >= 0.6 is 15.9 Å². The highest BCUT2D eigenvalue weighted by atomic mass is 79.9. The number of amides is 1.